The molecule has 9 heteroatoms. The van der Waals surface area contributed by atoms with Crippen LogP contribution in [0.15, 0.2) is 41.0 Å². The Hall–Kier alpha value is -2.58. The van der Waals surface area contributed by atoms with Gasteiger partial charge in [-0.05, 0) is 49.0 Å². The molecule has 1 aromatic carbocycles. The van der Waals surface area contributed by atoms with Crippen molar-refractivity contribution < 1.29 is 14.0 Å². The van der Waals surface area contributed by atoms with Gasteiger partial charge in [0, 0.05) is 38.3 Å². The number of thiocarbonyl (C=S) groups is 1. The minimum atomic E-state index is -0.425. The summed E-state index contributed by atoms with van der Waals surface area (Å²) in [5.74, 6) is -0.0345. The van der Waals surface area contributed by atoms with Crippen LogP contribution in [0.2, 0.25) is 5.02 Å². The molecule has 0 unspecified atom stereocenters. The topological polar surface area (TPSA) is 77.8 Å². The summed E-state index contributed by atoms with van der Waals surface area (Å²) >= 11 is 11.6. The monoisotopic (exact) mass is 434 g/mol. The SMILES string of the molecule is CCCC(=O)N1CCN(c2ccc(NC(=S)NC(=O)c3ccco3)cc2Cl)CC1. The lowest BCUT2D eigenvalue weighted by atomic mass is 10.2. The number of rotatable bonds is 5. The highest BCUT2D eigenvalue weighted by atomic mass is 35.5. The van der Waals surface area contributed by atoms with E-state index in [0.29, 0.717) is 30.2 Å². The number of furan rings is 1. The molecule has 0 aliphatic carbocycles. The Kier molecular flexibility index (Phi) is 7.11. The molecule has 154 valence electrons. The molecule has 0 bridgehead atoms. The van der Waals surface area contributed by atoms with E-state index in [0.717, 1.165) is 25.2 Å². The lowest BCUT2D eigenvalue weighted by Gasteiger charge is -2.36. The van der Waals surface area contributed by atoms with Gasteiger partial charge in [-0.25, -0.2) is 0 Å². The van der Waals surface area contributed by atoms with Crippen molar-refractivity contribution in [2.24, 2.45) is 0 Å². The molecule has 0 spiro atoms. The first-order valence-corrected chi connectivity index (χ1v) is 10.2. The van der Waals surface area contributed by atoms with E-state index in [4.69, 9.17) is 28.2 Å². The van der Waals surface area contributed by atoms with Gasteiger partial charge in [-0.2, -0.15) is 0 Å². The average molecular weight is 435 g/mol. The molecule has 0 radical (unpaired) electrons. The van der Waals surface area contributed by atoms with Gasteiger partial charge >= 0.3 is 0 Å². The summed E-state index contributed by atoms with van der Waals surface area (Å²) in [7, 11) is 0. The summed E-state index contributed by atoms with van der Waals surface area (Å²) in [5, 5.41) is 6.22. The molecule has 1 aromatic heterocycles. The van der Waals surface area contributed by atoms with Crippen LogP contribution in [0.1, 0.15) is 30.3 Å². The molecule has 0 atom stereocenters. The molecule has 1 fully saturated rings. The first-order valence-electron chi connectivity index (χ1n) is 9.46. The standard InChI is InChI=1S/C20H23ClN4O3S/c1-2-4-18(26)25-10-8-24(9-11-25)16-7-6-14(13-15(16)21)22-20(29)23-19(27)17-5-3-12-28-17/h3,5-7,12-13H,2,4,8-11H2,1H3,(H2,22,23,27,29). The van der Waals surface area contributed by atoms with Crippen LogP contribution < -0.4 is 15.5 Å². The summed E-state index contributed by atoms with van der Waals surface area (Å²) in [6.45, 7) is 4.87. The molecule has 2 heterocycles. The zero-order valence-electron chi connectivity index (χ0n) is 16.1. The summed E-state index contributed by atoms with van der Waals surface area (Å²) in [5.41, 5.74) is 1.57. The summed E-state index contributed by atoms with van der Waals surface area (Å²) in [6.07, 6.45) is 2.88. The Morgan fingerprint density at radius 2 is 1.97 bits per heavy atom. The molecular weight excluding hydrogens is 412 g/mol. The van der Waals surface area contributed by atoms with Gasteiger partial charge in [-0.15, -0.1) is 0 Å². The van der Waals surface area contributed by atoms with E-state index in [1.54, 1.807) is 18.2 Å². The van der Waals surface area contributed by atoms with Gasteiger partial charge in [0.1, 0.15) is 0 Å². The van der Waals surface area contributed by atoms with E-state index < -0.39 is 5.91 Å². The molecule has 2 aromatic rings. The Morgan fingerprint density at radius 1 is 1.21 bits per heavy atom. The third-order valence-corrected chi connectivity index (χ3v) is 5.12. The van der Waals surface area contributed by atoms with Crippen LogP contribution in [0, 0.1) is 0 Å². The number of piperazine rings is 1. The molecule has 2 N–H and O–H groups in total. The van der Waals surface area contributed by atoms with Crippen LogP contribution in [-0.2, 0) is 4.79 Å². The highest BCUT2D eigenvalue weighted by Crippen LogP contribution is 2.29. The number of carbonyl (C=O) groups excluding carboxylic acids is 2. The number of nitrogens with zero attached hydrogens (tertiary/aromatic N) is 2. The van der Waals surface area contributed by atoms with Gasteiger partial charge in [-0.1, -0.05) is 18.5 Å². The second kappa shape index (κ2) is 9.76. The number of anilines is 2. The zero-order chi connectivity index (χ0) is 20.8. The van der Waals surface area contributed by atoms with Crippen LogP contribution in [0.4, 0.5) is 11.4 Å². The average Bonchev–Trinajstić information content (AvgIpc) is 3.23. The van der Waals surface area contributed by atoms with Gasteiger partial charge < -0.3 is 19.5 Å². The maximum atomic E-state index is 12.0. The van der Waals surface area contributed by atoms with E-state index in [2.05, 4.69) is 15.5 Å². The van der Waals surface area contributed by atoms with Crippen LogP contribution in [0.3, 0.4) is 0 Å². The van der Waals surface area contributed by atoms with Gasteiger partial charge in [0.25, 0.3) is 5.91 Å². The lowest BCUT2D eigenvalue weighted by molar-refractivity contribution is -0.131. The van der Waals surface area contributed by atoms with Crippen molar-refractivity contribution >= 4 is 52.1 Å². The van der Waals surface area contributed by atoms with Crippen LogP contribution in [-0.4, -0.2) is 48.0 Å². The Bertz CT molecular complexity index is 880. The molecule has 1 aliphatic heterocycles. The lowest BCUT2D eigenvalue weighted by Crippen LogP contribution is -2.48. The minimum Gasteiger partial charge on any atom is -0.459 e. The second-order valence-corrected chi connectivity index (χ2v) is 7.49. The number of amides is 2. The molecule has 29 heavy (non-hydrogen) atoms. The molecule has 1 saturated heterocycles. The van der Waals surface area contributed by atoms with Crippen molar-refractivity contribution in [2.75, 3.05) is 36.4 Å². The van der Waals surface area contributed by atoms with Gasteiger partial charge in [0.2, 0.25) is 5.91 Å². The summed E-state index contributed by atoms with van der Waals surface area (Å²) in [4.78, 5) is 28.1. The maximum absolute atomic E-state index is 12.0. The number of hydrogen-bond donors (Lipinski definition) is 2. The maximum Gasteiger partial charge on any atom is 0.293 e. The van der Waals surface area contributed by atoms with Crippen molar-refractivity contribution in [3.8, 4) is 0 Å². The van der Waals surface area contributed by atoms with Crippen molar-refractivity contribution in [3.05, 3.63) is 47.4 Å². The third kappa shape index (κ3) is 5.48. The zero-order valence-corrected chi connectivity index (χ0v) is 17.7. The number of nitrogens with one attached hydrogen (secondary N) is 2. The van der Waals surface area contributed by atoms with Crippen molar-refractivity contribution in [3.63, 3.8) is 0 Å². The first-order chi connectivity index (χ1) is 14.0. The normalized spacial score (nSPS) is 13.9. The highest BCUT2D eigenvalue weighted by molar-refractivity contribution is 7.80. The highest BCUT2D eigenvalue weighted by Gasteiger charge is 2.22. The molecule has 0 saturated carbocycles. The van der Waals surface area contributed by atoms with Gasteiger partial charge in [0.05, 0.1) is 17.0 Å². The largest absolute Gasteiger partial charge is 0.459 e. The van der Waals surface area contributed by atoms with Crippen molar-refractivity contribution in [1.29, 1.82) is 0 Å². The van der Waals surface area contributed by atoms with Crippen LogP contribution in [0.5, 0.6) is 0 Å². The van der Waals surface area contributed by atoms with E-state index in [1.807, 2.05) is 24.0 Å². The third-order valence-electron chi connectivity index (χ3n) is 4.61. The van der Waals surface area contributed by atoms with E-state index in [1.165, 1.54) is 6.26 Å². The predicted octanol–water partition coefficient (Wildman–Crippen LogP) is 3.51. The Morgan fingerprint density at radius 3 is 2.59 bits per heavy atom. The van der Waals surface area contributed by atoms with Crippen molar-refractivity contribution in [2.45, 2.75) is 19.8 Å². The van der Waals surface area contributed by atoms with E-state index in [9.17, 15) is 9.59 Å². The Balaban J connectivity index is 1.56. The fourth-order valence-corrected chi connectivity index (χ4v) is 3.66. The minimum absolute atomic E-state index is 0.151. The summed E-state index contributed by atoms with van der Waals surface area (Å²) < 4.78 is 5.03. The van der Waals surface area contributed by atoms with E-state index >= 15 is 0 Å². The molecule has 1 aliphatic rings. The molecule has 3 rings (SSSR count). The Labute approximate surface area is 180 Å². The number of halogens is 1. The first kappa shape index (κ1) is 21.1. The molecule has 7 nitrogen and oxygen atoms in total. The van der Waals surface area contributed by atoms with Gasteiger partial charge in [-0.3, -0.25) is 14.9 Å². The van der Waals surface area contributed by atoms with E-state index in [-0.39, 0.29) is 16.8 Å². The smallest absolute Gasteiger partial charge is 0.293 e. The van der Waals surface area contributed by atoms with Crippen LogP contribution in [0.25, 0.3) is 0 Å². The molecular formula is C20H23ClN4O3S. The quantitative estimate of drug-likeness (QED) is 0.701. The second-order valence-electron chi connectivity index (χ2n) is 6.67. The number of benzene rings is 1. The molecule has 2 amide bonds. The predicted molar refractivity (Wildman–Crippen MR) is 118 cm³/mol. The van der Waals surface area contributed by atoms with Crippen molar-refractivity contribution in [1.82, 2.24) is 10.2 Å². The fraction of sp³-hybridized carbons (Fsp3) is 0.350. The number of carbonyl (C=O) groups is 2. The number of hydrogen-bond acceptors (Lipinski definition) is 5. The van der Waals surface area contributed by atoms with Crippen LogP contribution >= 0.6 is 23.8 Å². The summed E-state index contributed by atoms with van der Waals surface area (Å²) in [6, 6.07) is 8.70. The van der Waals surface area contributed by atoms with Gasteiger partial charge in [0.15, 0.2) is 10.9 Å². The fourth-order valence-electron chi connectivity index (χ4n) is 3.14.